The number of carbonyl (C=O) groups excluding carboxylic acids is 1. The summed E-state index contributed by atoms with van der Waals surface area (Å²) in [5.74, 6) is 1.40. The summed E-state index contributed by atoms with van der Waals surface area (Å²) in [4.78, 5) is 23.1. The number of benzene rings is 2. The number of aromatic nitrogens is 2. The molecule has 1 saturated heterocycles. The minimum atomic E-state index is 0.0879. The first-order valence-electron chi connectivity index (χ1n) is 8.93. The quantitative estimate of drug-likeness (QED) is 0.726. The van der Waals surface area contributed by atoms with Crippen LogP contribution in [0.25, 0.3) is 10.8 Å². The van der Waals surface area contributed by atoms with Gasteiger partial charge in [-0.05, 0) is 29.8 Å². The lowest BCUT2D eigenvalue weighted by molar-refractivity contribution is 0.0587. The molecule has 4 rings (SSSR count). The molecule has 1 aliphatic heterocycles. The minimum Gasteiger partial charge on any atom is -0.474 e. The molecule has 0 radical (unpaired) electrons. The van der Waals surface area contributed by atoms with Gasteiger partial charge in [0.2, 0.25) is 5.88 Å². The molecule has 132 valence electrons. The van der Waals surface area contributed by atoms with Crippen molar-refractivity contribution >= 4 is 16.7 Å². The Morgan fingerprint density at radius 2 is 1.85 bits per heavy atom. The summed E-state index contributed by atoms with van der Waals surface area (Å²) in [7, 11) is 0. The Hall–Kier alpha value is -2.95. The van der Waals surface area contributed by atoms with E-state index in [4.69, 9.17) is 4.74 Å². The zero-order valence-corrected chi connectivity index (χ0v) is 14.8. The first-order chi connectivity index (χ1) is 12.7. The molecule has 1 aromatic heterocycles. The molecule has 0 unspecified atom stereocenters. The zero-order valence-electron chi connectivity index (χ0n) is 14.8. The Labute approximate surface area is 152 Å². The highest BCUT2D eigenvalue weighted by Crippen LogP contribution is 2.21. The summed E-state index contributed by atoms with van der Waals surface area (Å²) in [6.07, 6.45) is 3.41. The smallest absolute Gasteiger partial charge is 0.253 e. The Bertz CT molecular complexity index is 933. The number of aryl methyl sites for hydroxylation is 1. The first kappa shape index (κ1) is 16.5. The molecule has 0 bridgehead atoms. The van der Waals surface area contributed by atoms with Crippen LogP contribution in [0.15, 0.2) is 54.7 Å². The fraction of sp³-hybridized carbons (Fsp3) is 0.286. The molecule has 5 heteroatoms. The minimum absolute atomic E-state index is 0.0879. The Balaban J connectivity index is 1.39. The largest absolute Gasteiger partial charge is 0.474 e. The van der Waals surface area contributed by atoms with E-state index >= 15 is 0 Å². The van der Waals surface area contributed by atoms with Gasteiger partial charge in [-0.25, -0.2) is 4.98 Å². The maximum Gasteiger partial charge on any atom is 0.253 e. The van der Waals surface area contributed by atoms with Gasteiger partial charge >= 0.3 is 0 Å². The van der Waals surface area contributed by atoms with Crippen LogP contribution in [0.5, 0.6) is 5.88 Å². The maximum atomic E-state index is 12.8. The van der Waals surface area contributed by atoms with Gasteiger partial charge in [0, 0.05) is 43.8 Å². The number of amides is 1. The summed E-state index contributed by atoms with van der Waals surface area (Å²) >= 11 is 0. The number of ether oxygens (including phenoxy) is 1. The molecule has 0 aliphatic carbocycles. The van der Waals surface area contributed by atoms with Crippen molar-refractivity contribution in [2.24, 2.45) is 0 Å². The summed E-state index contributed by atoms with van der Waals surface area (Å²) in [5, 5.41) is 2.24. The molecule has 2 heterocycles. The van der Waals surface area contributed by atoms with E-state index in [0.717, 1.165) is 29.2 Å². The molecule has 0 saturated carbocycles. The Morgan fingerprint density at radius 3 is 2.62 bits per heavy atom. The van der Waals surface area contributed by atoms with Crippen molar-refractivity contribution in [1.82, 2.24) is 14.9 Å². The molecule has 1 amide bonds. The first-order valence-corrected chi connectivity index (χ1v) is 8.93. The van der Waals surface area contributed by atoms with Crippen molar-refractivity contribution in [3.8, 4) is 5.88 Å². The van der Waals surface area contributed by atoms with Crippen molar-refractivity contribution in [2.45, 2.75) is 25.9 Å². The van der Waals surface area contributed by atoms with Gasteiger partial charge in [0.1, 0.15) is 11.9 Å². The van der Waals surface area contributed by atoms with Crippen molar-refractivity contribution in [2.75, 3.05) is 13.1 Å². The lowest BCUT2D eigenvalue weighted by Gasteiger charge is -2.32. The van der Waals surface area contributed by atoms with Crippen LogP contribution >= 0.6 is 0 Å². The second-order valence-electron chi connectivity index (χ2n) is 6.61. The number of hydrogen-bond acceptors (Lipinski definition) is 4. The van der Waals surface area contributed by atoms with Crippen LogP contribution in [0.2, 0.25) is 0 Å². The number of nitrogens with zero attached hydrogens (tertiary/aromatic N) is 3. The normalized spacial score (nSPS) is 15.2. The van der Waals surface area contributed by atoms with E-state index in [1.807, 2.05) is 48.2 Å². The summed E-state index contributed by atoms with van der Waals surface area (Å²) in [6.45, 7) is 3.23. The second-order valence-corrected chi connectivity index (χ2v) is 6.61. The van der Waals surface area contributed by atoms with E-state index in [9.17, 15) is 4.79 Å². The molecule has 5 nitrogen and oxygen atoms in total. The number of piperidine rings is 1. The lowest BCUT2D eigenvalue weighted by Crippen LogP contribution is -2.41. The third-order valence-corrected chi connectivity index (χ3v) is 4.76. The molecular formula is C21H21N3O2. The van der Waals surface area contributed by atoms with Gasteiger partial charge in [-0.2, -0.15) is 4.98 Å². The summed E-state index contributed by atoms with van der Waals surface area (Å²) < 4.78 is 5.94. The highest BCUT2D eigenvalue weighted by molar-refractivity contribution is 5.98. The highest BCUT2D eigenvalue weighted by atomic mass is 16.5. The van der Waals surface area contributed by atoms with Crippen molar-refractivity contribution in [1.29, 1.82) is 0 Å². The SMILES string of the molecule is Cc1nccc(OC2CCN(C(=O)c3ccc4ccccc4c3)CC2)n1. The number of fused-ring (bicyclic) bond motifs is 1. The number of rotatable bonds is 3. The standard InChI is InChI=1S/C21H21N3O2/c1-15-22-11-8-20(23-15)26-19-9-12-24(13-10-19)21(25)18-7-6-16-4-2-3-5-17(16)14-18/h2-8,11,14,19H,9-10,12-13H2,1H3. The predicted octanol–water partition coefficient (Wildman–Crippen LogP) is 3.62. The van der Waals surface area contributed by atoms with Crippen LogP contribution in [0.1, 0.15) is 29.0 Å². The van der Waals surface area contributed by atoms with Crippen molar-refractivity contribution < 1.29 is 9.53 Å². The molecule has 1 aliphatic rings. The van der Waals surface area contributed by atoms with E-state index < -0.39 is 0 Å². The van der Waals surface area contributed by atoms with Crippen molar-refractivity contribution in [3.05, 3.63) is 66.1 Å². The van der Waals surface area contributed by atoms with E-state index in [1.165, 1.54) is 0 Å². The van der Waals surface area contributed by atoms with E-state index in [1.54, 1.807) is 12.3 Å². The van der Waals surface area contributed by atoms with Crippen LogP contribution in [-0.2, 0) is 0 Å². The van der Waals surface area contributed by atoms with Gasteiger partial charge in [-0.15, -0.1) is 0 Å². The van der Waals surface area contributed by atoms with E-state index in [-0.39, 0.29) is 12.0 Å². The third-order valence-electron chi connectivity index (χ3n) is 4.76. The summed E-state index contributed by atoms with van der Waals surface area (Å²) in [6, 6.07) is 15.8. The van der Waals surface area contributed by atoms with Gasteiger partial charge in [0.25, 0.3) is 5.91 Å². The Kier molecular flexibility index (Phi) is 4.52. The molecule has 0 N–H and O–H groups in total. The number of carbonyl (C=O) groups is 1. The molecule has 0 atom stereocenters. The number of likely N-dealkylation sites (tertiary alicyclic amines) is 1. The van der Waals surface area contributed by atoms with Crippen LogP contribution < -0.4 is 4.74 Å². The Morgan fingerprint density at radius 1 is 1.08 bits per heavy atom. The van der Waals surface area contributed by atoms with Gasteiger partial charge in [-0.1, -0.05) is 30.3 Å². The van der Waals surface area contributed by atoms with Crippen LogP contribution in [0, 0.1) is 6.92 Å². The maximum absolute atomic E-state index is 12.8. The molecule has 3 aromatic rings. The van der Waals surface area contributed by atoms with Crippen LogP contribution in [0.4, 0.5) is 0 Å². The average molecular weight is 347 g/mol. The summed E-state index contributed by atoms with van der Waals surface area (Å²) in [5.41, 5.74) is 0.745. The van der Waals surface area contributed by atoms with Gasteiger partial charge in [0.15, 0.2) is 0 Å². The zero-order chi connectivity index (χ0) is 17.9. The second kappa shape index (κ2) is 7.12. The monoisotopic (exact) mass is 347 g/mol. The number of hydrogen-bond donors (Lipinski definition) is 0. The predicted molar refractivity (Wildman–Crippen MR) is 100 cm³/mol. The van der Waals surface area contributed by atoms with E-state index in [2.05, 4.69) is 16.0 Å². The van der Waals surface area contributed by atoms with E-state index in [0.29, 0.717) is 24.8 Å². The lowest BCUT2D eigenvalue weighted by atomic mass is 10.0. The highest BCUT2D eigenvalue weighted by Gasteiger charge is 2.25. The molecule has 2 aromatic carbocycles. The third kappa shape index (κ3) is 3.52. The molecule has 26 heavy (non-hydrogen) atoms. The fourth-order valence-corrected chi connectivity index (χ4v) is 3.35. The topological polar surface area (TPSA) is 55.3 Å². The van der Waals surface area contributed by atoms with Gasteiger partial charge < -0.3 is 9.64 Å². The average Bonchev–Trinajstić information content (AvgIpc) is 2.68. The molecule has 0 spiro atoms. The van der Waals surface area contributed by atoms with Crippen LogP contribution in [-0.4, -0.2) is 40.0 Å². The molecule has 1 fully saturated rings. The van der Waals surface area contributed by atoms with Crippen LogP contribution in [0.3, 0.4) is 0 Å². The van der Waals surface area contributed by atoms with Crippen molar-refractivity contribution in [3.63, 3.8) is 0 Å². The van der Waals surface area contributed by atoms with Gasteiger partial charge in [0.05, 0.1) is 0 Å². The van der Waals surface area contributed by atoms with Gasteiger partial charge in [-0.3, -0.25) is 4.79 Å². The fourth-order valence-electron chi connectivity index (χ4n) is 3.35. The molecular weight excluding hydrogens is 326 g/mol.